The Kier molecular flexibility index (Phi) is 2.85. The summed E-state index contributed by atoms with van der Waals surface area (Å²) in [6.07, 6.45) is -1.02. The monoisotopic (exact) mass is 225 g/mol. The van der Waals surface area contributed by atoms with Gasteiger partial charge >= 0.3 is 0 Å². The molecular formula is C9H8BrNO. The maximum atomic E-state index is 9.17. The van der Waals surface area contributed by atoms with Crippen molar-refractivity contribution in [2.45, 2.75) is 13.0 Å². The predicted octanol–water partition coefficient (Wildman–Crippen LogP) is 2.31. The number of aryl methyl sites for hydroxylation is 1. The number of aliphatic hydroxyl groups excluding tert-OH is 1. The van der Waals surface area contributed by atoms with Crippen LogP contribution < -0.4 is 0 Å². The highest BCUT2D eigenvalue weighted by molar-refractivity contribution is 9.10. The average Bonchev–Trinajstić information content (AvgIpc) is 2.08. The summed E-state index contributed by atoms with van der Waals surface area (Å²) >= 11 is 3.34. The van der Waals surface area contributed by atoms with Gasteiger partial charge in [0, 0.05) is 4.47 Å². The number of hydrogen-bond donors (Lipinski definition) is 1. The third-order valence-electron chi connectivity index (χ3n) is 1.62. The molecular weight excluding hydrogens is 218 g/mol. The van der Waals surface area contributed by atoms with Gasteiger partial charge in [-0.05, 0) is 24.1 Å². The Bertz CT molecular complexity index is 330. The maximum absolute atomic E-state index is 9.17. The molecule has 0 saturated carbocycles. The van der Waals surface area contributed by atoms with Gasteiger partial charge in [-0.15, -0.1) is 0 Å². The van der Waals surface area contributed by atoms with E-state index in [0.29, 0.717) is 5.56 Å². The largest absolute Gasteiger partial charge is 0.374 e. The average molecular weight is 226 g/mol. The van der Waals surface area contributed by atoms with E-state index in [4.69, 9.17) is 10.4 Å². The summed E-state index contributed by atoms with van der Waals surface area (Å²) in [5.74, 6) is 0. The molecule has 0 aromatic heterocycles. The van der Waals surface area contributed by atoms with Gasteiger partial charge in [-0.3, -0.25) is 0 Å². The first-order chi connectivity index (χ1) is 5.65. The van der Waals surface area contributed by atoms with Crippen LogP contribution in [0.4, 0.5) is 0 Å². The molecule has 0 saturated heterocycles. The van der Waals surface area contributed by atoms with Crippen molar-refractivity contribution in [2.75, 3.05) is 0 Å². The Morgan fingerprint density at radius 3 is 2.75 bits per heavy atom. The predicted molar refractivity (Wildman–Crippen MR) is 49.5 cm³/mol. The van der Waals surface area contributed by atoms with Gasteiger partial charge in [0.15, 0.2) is 6.10 Å². The summed E-state index contributed by atoms with van der Waals surface area (Å²) in [7, 11) is 0. The van der Waals surface area contributed by atoms with Crippen LogP contribution in [0.2, 0.25) is 0 Å². The van der Waals surface area contributed by atoms with Crippen molar-refractivity contribution in [3.8, 4) is 6.07 Å². The van der Waals surface area contributed by atoms with Crippen molar-refractivity contribution in [3.63, 3.8) is 0 Å². The van der Waals surface area contributed by atoms with Gasteiger partial charge in [0.1, 0.15) is 0 Å². The van der Waals surface area contributed by atoms with Crippen LogP contribution in [0.5, 0.6) is 0 Å². The fraction of sp³-hybridized carbons (Fsp3) is 0.222. The lowest BCUT2D eigenvalue weighted by molar-refractivity contribution is 0.236. The van der Waals surface area contributed by atoms with E-state index in [9.17, 15) is 0 Å². The number of nitriles is 1. The lowest BCUT2D eigenvalue weighted by atomic mass is 10.1. The van der Waals surface area contributed by atoms with Gasteiger partial charge in [0.2, 0.25) is 0 Å². The second-order valence-corrected chi connectivity index (χ2v) is 3.39. The molecule has 1 unspecified atom stereocenters. The zero-order valence-electron chi connectivity index (χ0n) is 6.58. The molecule has 3 heteroatoms. The van der Waals surface area contributed by atoms with E-state index in [1.165, 1.54) is 0 Å². The SMILES string of the molecule is Cc1cc(C(O)C#N)ccc1Br. The first kappa shape index (κ1) is 9.24. The van der Waals surface area contributed by atoms with E-state index >= 15 is 0 Å². The topological polar surface area (TPSA) is 44.0 Å². The van der Waals surface area contributed by atoms with Crippen LogP contribution in [0.3, 0.4) is 0 Å². The van der Waals surface area contributed by atoms with E-state index in [1.807, 2.05) is 13.0 Å². The zero-order valence-corrected chi connectivity index (χ0v) is 8.17. The lowest BCUT2D eigenvalue weighted by Crippen LogP contribution is -1.93. The van der Waals surface area contributed by atoms with Gasteiger partial charge in [0.25, 0.3) is 0 Å². The number of hydrogen-bond acceptors (Lipinski definition) is 2. The molecule has 0 aliphatic rings. The first-order valence-corrected chi connectivity index (χ1v) is 4.28. The molecule has 0 bridgehead atoms. The first-order valence-electron chi connectivity index (χ1n) is 3.49. The molecule has 0 aliphatic heterocycles. The summed E-state index contributed by atoms with van der Waals surface area (Å²) < 4.78 is 0.983. The second kappa shape index (κ2) is 3.70. The fourth-order valence-electron chi connectivity index (χ4n) is 0.913. The van der Waals surface area contributed by atoms with E-state index in [1.54, 1.807) is 18.2 Å². The molecule has 0 spiro atoms. The number of rotatable bonds is 1. The molecule has 0 aliphatic carbocycles. The summed E-state index contributed by atoms with van der Waals surface area (Å²) in [6, 6.07) is 7.11. The molecule has 1 rings (SSSR count). The Balaban J connectivity index is 3.06. The van der Waals surface area contributed by atoms with Crippen LogP contribution in [-0.2, 0) is 0 Å². The maximum Gasteiger partial charge on any atom is 0.165 e. The Hall–Kier alpha value is -0.850. The molecule has 2 nitrogen and oxygen atoms in total. The molecule has 1 aromatic rings. The lowest BCUT2D eigenvalue weighted by Gasteiger charge is -2.04. The summed E-state index contributed by atoms with van der Waals surface area (Å²) in [4.78, 5) is 0. The van der Waals surface area contributed by atoms with E-state index in [0.717, 1.165) is 10.0 Å². The molecule has 1 aromatic carbocycles. The van der Waals surface area contributed by atoms with Crippen molar-refractivity contribution in [1.82, 2.24) is 0 Å². The van der Waals surface area contributed by atoms with Crippen LogP contribution in [0, 0.1) is 18.3 Å². The number of aliphatic hydroxyl groups is 1. The van der Waals surface area contributed by atoms with Crippen LogP contribution in [-0.4, -0.2) is 5.11 Å². The summed E-state index contributed by atoms with van der Waals surface area (Å²) in [5.41, 5.74) is 1.65. The summed E-state index contributed by atoms with van der Waals surface area (Å²) in [6.45, 7) is 1.91. The fourth-order valence-corrected chi connectivity index (χ4v) is 1.16. The van der Waals surface area contributed by atoms with Crippen molar-refractivity contribution >= 4 is 15.9 Å². The van der Waals surface area contributed by atoms with Crippen LogP contribution in [0.25, 0.3) is 0 Å². The Labute approximate surface area is 79.6 Å². The Morgan fingerprint density at radius 2 is 2.25 bits per heavy atom. The number of nitrogens with zero attached hydrogens (tertiary/aromatic N) is 1. The number of halogens is 1. The van der Waals surface area contributed by atoms with Gasteiger partial charge in [0.05, 0.1) is 6.07 Å². The van der Waals surface area contributed by atoms with Gasteiger partial charge < -0.3 is 5.11 Å². The molecule has 12 heavy (non-hydrogen) atoms. The van der Waals surface area contributed by atoms with Crippen LogP contribution in [0.15, 0.2) is 22.7 Å². The van der Waals surface area contributed by atoms with Crippen molar-refractivity contribution in [2.24, 2.45) is 0 Å². The van der Waals surface area contributed by atoms with Gasteiger partial charge in [-0.1, -0.05) is 28.1 Å². The van der Waals surface area contributed by atoms with Gasteiger partial charge in [-0.2, -0.15) is 5.26 Å². The normalized spacial score (nSPS) is 12.2. The third-order valence-corrected chi connectivity index (χ3v) is 2.51. The van der Waals surface area contributed by atoms with Crippen LogP contribution in [0.1, 0.15) is 17.2 Å². The smallest absolute Gasteiger partial charge is 0.165 e. The third kappa shape index (κ3) is 1.84. The summed E-state index contributed by atoms with van der Waals surface area (Å²) in [5, 5.41) is 17.6. The second-order valence-electron chi connectivity index (χ2n) is 2.54. The van der Waals surface area contributed by atoms with E-state index in [-0.39, 0.29) is 0 Å². The minimum atomic E-state index is -1.02. The molecule has 62 valence electrons. The molecule has 0 heterocycles. The zero-order chi connectivity index (χ0) is 9.14. The van der Waals surface area contributed by atoms with Crippen molar-refractivity contribution in [1.29, 1.82) is 5.26 Å². The molecule has 0 radical (unpaired) electrons. The van der Waals surface area contributed by atoms with Crippen molar-refractivity contribution in [3.05, 3.63) is 33.8 Å². The van der Waals surface area contributed by atoms with E-state index in [2.05, 4.69) is 15.9 Å². The highest BCUT2D eigenvalue weighted by Crippen LogP contribution is 2.20. The van der Waals surface area contributed by atoms with E-state index < -0.39 is 6.10 Å². The highest BCUT2D eigenvalue weighted by atomic mass is 79.9. The molecule has 1 N–H and O–H groups in total. The minimum absolute atomic E-state index is 0.637. The number of benzene rings is 1. The quantitative estimate of drug-likeness (QED) is 0.746. The Morgan fingerprint density at radius 1 is 1.58 bits per heavy atom. The van der Waals surface area contributed by atoms with Gasteiger partial charge in [-0.25, -0.2) is 0 Å². The molecule has 0 fully saturated rings. The van der Waals surface area contributed by atoms with Crippen molar-refractivity contribution < 1.29 is 5.11 Å². The molecule has 1 atom stereocenters. The highest BCUT2D eigenvalue weighted by Gasteiger charge is 2.05. The standard InChI is InChI=1S/C9H8BrNO/c1-6-4-7(9(12)5-11)2-3-8(6)10/h2-4,9,12H,1H3. The minimum Gasteiger partial charge on any atom is -0.374 e. The van der Waals surface area contributed by atoms with Crippen LogP contribution >= 0.6 is 15.9 Å². The molecule has 0 amide bonds.